The molecule has 11 heteroatoms. The lowest BCUT2D eigenvalue weighted by atomic mass is 10.2. The minimum absolute atomic E-state index is 0.0700. The topological polar surface area (TPSA) is 157 Å². The second-order valence-corrected chi connectivity index (χ2v) is 5.95. The molecule has 5 N–H and O–H groups in total. The van der Waals surface area contributed by atoms with Crippen LogP contribution in [-0.2, 0) is 13.8 Å². The first-order chi connectivity index (χ1) is 9.67. The van der Waals surface area contributed by atoms with Gasteiger partial charge in [-0.2, -0.15) is 4.98 Å². The Bertz CT molecular complexity index is 628. The van der Waals surface area contributed by atoms with Crippen LogP contribution < -0.4 is 11.3 Å². The summed E-state index contributed by atoms with van der Waals surface area (Å²) in [5.74, 6) is -0.0700. The summed E-state index contributed by atoms with van der Waals surface area (Å²) in [4.78, 5) is 32.2. The van der Waals surface area contributed by atoms with Crippen molar-refractivity contribution in [2.75, 3.05) is 12.3 Å². The Morgan fingerprint density at radius 3 is 2.90 bits per heavy atom. The van der Waals surface area contributed by atoms with Gasteiger partial charge in [0.05, 0.1) is 12.7 Å². The Balaban J connectivity index is 2.12. The molecule has 3 atom stereocenters. The van der Waals surface area contributed by atoms with Gasteiger partial charge in [0.1, 0.15) is 12.3 Å². The van der Waals surface area contributed by atoms with Crippen molar-refractivity contribution in [3.8, 4) is 0 Å². The summed E-state index contributed by atoms with van der Waals surface area (Å²) in [5.41, 5.74) is 5.54. The summed E-state index contributed by atoms with van der Waals surface area (Å²) < 4.78 is 21.8. The van der Waals surface area contributed by atoms with E-state index >= 15 is 0 Å². The van der Waals surface area contributed by atoms with Crippen LogP contribution in [0.4, 0.5) is 5.95 Å². The number of phosphoric acid groups is 1. The Morgan fingerprint density at radius 1 is 1.62 bits per heavy atom. The van der Waals surface area contributed by atoms with Gasteiger partial charge >= 0.3 is 7.82 Å². The maximum absolute atomic E-state index is 11.3. The number of aliphatic hydroxyl groups excluding tert-OH is 1. The summed E-state index contributed by atoms with van der Waals surface area (Å²) in [6.45, 7) is 1.10. The van der Waals surface area contributed by atoms with Gasteiger partial charge in [-0.25, -0.2) is 4.57 Å². The number of nitrogens with two attached hydrogens (primary N) is 1. The van der Waals surface area contributed by atoms with E-state index in [1.165, 1.54) is 10.8 Å². The summed E-state index contributed by atoms with van der Waals surface area (Å²) in [6.07, 6.45) is -1.02. The molecule has 1 fully saturated rings. The molecule has 0 spiro atoms. The fourth-order valence-corrected chi connectivity index (χ4v) is 2.36. The van der Waals surface area contributed by atoms with Crippen molar-refractivity contribution in [3.05, 3.63) is 22.1 Å². The van der Waals surface area contributed by atoms with Gasteiger partial charge in [-0.05, 0) is 6.92 Å². The third-order valence-electron chi connectivity index (χ3n) is 3.07. The third-order valence-corrected chi connectivity index (χ3v) is 3.56. The van der Waals surface area contributed by atoms with Gasteiger partial charge in [-0.1, -0.05) is 0 Å². The number of aryl methyl sites for hydroxylation is 1. The molecule has 1 saturated heterocycles. The number of aromatic nitrogens is 2. The van der Waals surface area contributed by atoms with E-state index in [9.17, 15) is 14.5 Å². The first-order valence-electron chi connectivity index (χ1n) is 6.06. The number of nitrogen functional groups attached to an aromatic ring is 1. The molecule has 0 radical (unpaired) electrons. The van der Waals surface area contributed by atoms with Crippen molar-refractivity contribution < 1.29 is 28.7 Å². The van der Waals surface area contributed by atoms with Gasteiger partial charge in [0.15, 0.2) is 0 Å². The van der Waals surface area contributed by atoms with Crippen LogP contribution in [-0.4, -0.2) is 43.3 Å². The molecule has 118 valence electrons. The van der Waals surface area contributed by atoms with Crippen LogP contribution in [0.5, 0.6) is 0 Å². The molecule has 21 heavy (non-hydrogen) atoms. The van der Waals surface area contributed by atoms with Crippen LogP contribution in [0.15, 0.2) is 11.0 Å². The molecule has 1 aliphatic heterocycles. The lowest BCUT2D eigenvalue weighted by Crippen LogP contribution is -2.26. The van der Waals surface area contributed by atoms with E-state index in [1.54, 1.807) is 6.92 Å². The largest absolute Gasteiger partial charge is 0.469 e. The van der Waals surface area contributed by atoms with Crippen LogP contribution in [0, 0.1) is 6.92 Å². The highest BCUT2D eigenvalue weighted by Crippen LogP contribution is 2.38. The normalized spacial score (nSPS) is 26.2. The Morgan fingerprint density at radius 2 is 2.29 bits per heavy atom. The fourth-order valence-electron chi connectivity index (χ4n) is 2.02. The molecule has 2 heterocycles. The summed E-state index contributed by atoms with van der Waals surface area (Å²) >= 11 is 0. The van der Waals surface area contributed by atoms with Crippen molar-refractivity contribution in [3.63, 3.8) is 0 Å². The molecular formula is C10H16N3O7P. The molecule has 1 aromatic rings. The number of ether oxygens (including phenoxy) is 1. The predicted molar refractivity (Wildman–Crippen MR) is 70.2 cm³/mol. The average molecular weight is 321 g/mol. The van der Waals surface area contributed by atoms with Gasteiger partial charge in [-0.3, -0.25) is 13.9 Å². The van der Waals surface area contributed by atoms with Gasteiger partial charge in [-0.15, -0.1) is 0 Å². The average Bonchev–Trinajstić information content (AvgIpc) is 2.72. The molecule has 0 aromatic carbocycles. The van der Waals surface area contributed by atoms with E-state index in [4.69, 9.17) is 20.3 Å². The number of anilines is 1. The predicted octanol–water partition coefficient (Wildman–Crippen LogP) is -1.11. The van der Waals surface area contributed by atoms with E-state index < -0.39 is 38.4 Å². The van der Waals surface area contributed by atoms with Gasteiger partial charge in [0.25, 0.3) is 5.56 Å². The molecule has 1 aliphatic rings. The number of hydrogen-bond acceptors (Lipinski definition) is 7. The molecule has 3 unspecified atom stereocenters. The van der Waals surface area contributed by atoms with Crippen molar-refractivity contribution in [1.82, 2.24) is 9.55 Å². The van der Waals surface area contributed by atoms with Crippen LogP contribution in [0.1, 0.15) is 18.2 Å². The minimum atomic E-state index is -4.64. The second-order valence-electron chi connectivity index (χ2n) is 4.71. The molecule has 1 aromatic heterocycles. The lowest BCUT2D eigenvalue weighted by molar-refractivity contribution is -0.0432. The van der Waals surface area contributed by atoms with Crippen molar-refractivity contribution >= 4 is 13.8 Å². The number of phosphoric ester groups is 1. The van der Waals surface area contributed by atoms with Crippen molar-refractivity contribution in [2.24, 2.45) is 0 Å². The zero-order valence-corrected chi connectivity index (χ0v) is 12.0. The molecular weight excluding hydrogens is 305 g/mol. The standard InChI is InChI=1S/C10H16N3O7P/c1-5-3-13(10(11)12-9(5)15)8-2-6(14)7(20-8)4-19-21(16,17)18/h3,6-8,14H,2,4H2,1H3,(H2,11,12,15)(H2,16,17,18). The van der Waals surface area contributed by atoms with Gasteiger partial charge in [0, 0.05) is 18.2 Å². The quantitative estimate of drug-likeness (QED) is 0.505. The third kappa shape index (κ3) is 3.88. The monoisotopic (exact) mass is 321 g/mol. The first kappa shape index (κ1) is 16.1. The first-order valence-corrected chi connectivity index (χ1v) is 7.59. The summed E-state index contributed by atoms with van der Waals surface area (Å²) in [5, 5.41) is 9.84. The maximum atomic E-state index is 11.3. The zero-order chi connectivity index (χ0) is 15.8. The molecule has 0 saturated carbocycles. The van der Waals surface area contributed by atoms with Gasteiger partial charge < -0.3 is 25.4 Å². The Kier molecular flexibility index (Phi) is 4.47. The van der Waals surface area contributed by atoms with Crippen molar-refractivity contribution in [1.29, 1.82) is 0 Å². The summed E-state index contributed by atoms with van der Waals surface area (Å²) in [7, 11) is -4.64. The summed E-state index contributed by atoms with van der Waals surface area (Å²) in [6, 6.07) is 0. The van der Waals surface area contributed by atoms with Crippen LogP contribution in [0.2, 0.25) is 0 Å². The SMILES string of the molecule is Cc1cn(C2CC(O)C(COP(=O)(O)O)O2)c(N)nc1=O. The highest BCUT2D eigenvalue weighted by Gasteiger charge is 2.37. The second kappa shape index (κ2) is 5.84. The molecule has 10 nitrogen and oxygen atoms in total. The number of nitrogens with zero attached hydrogens (tertiary/aromatic N) is 2. The highest BCUT2D eigenvalue weighted by atomic mass is 31.2. The van der Waals surface area contributed by atoms with E-state index in [-0.39, 0.29) is 12.4 Å². The fraction of sp³-hybridized carbons (Fsp3) is 0.600. The lowest BCUT2D eigenvalue weighted by Gasteiger charge is -2.18. The zero-order valence-electron chi connectivity index (χ0n) is 11.1. The number of rotatable bonds is 4. The molecule has 2 rings (SSSR count). The van der Waals surface area contributed by atoms with E-state index in [0.717, 1.165) is 0 Å². The minimum Gasteiger partial charge on any atom is -0.390 e. The smallest absolute Gasteiger partial charge is 0.390 e. The molecule has 0 amide bonds. The Labute approximate surface area is 119 Å². The van der Waals surface area contributed by atoms with E-state index in [2.05, 4.69) is 9.51 Å². The highest BCUT2D eigenvalue weighted by molar-refractivity contribution is 7.46. The van der Waals surface area contributed by atoms with Crippen LogP contribution >= 0.6 is 7.82 Å². The van der Waals surface area contributed by atoms with E-state index in [1.807, 2.05) is 0 Å². The molecule has 0 bridgehead atoms. The number of hydrogen-bond donors (Lipinski definition) is 4. The molecule has 0 aliphatic carbocycles. The maximum Gasteiger partial charge on any atom is 0.469 e. The van der Waals surface area contributed by atoms with E-state index in [0.29, 0.717) is 5.56 Å². The van der Waals surface area contributed by atoms with Gasteiger partial charge in [0.2, 0.25) is 5.95 Å². The number of aliphatic hydroxyl groups is 1. The Hall–Kier alpha value is -1.29. The van der Waals surface area contributed by atoms with Crippen LogP contribution in [0.25, 0.3) is 0 Å². The van der Waals surface area contributed by atoms with Crippen molar-refractivity contribution in [2.45, 2.75) is 31.8 Å². The van der Waals surface area contributed by atoms with Crippen LogP contribution in [0.3, 0.4) is 0 Å².